The topological polar surface area (TPSA) is 127 Å². The highest BCUT2D eigenvalue weighted by Gasteiger charge is 2.84. The Morgan fingerprint density at radius 2 is 1.78 bits per heavy atom. The highest BCUT2D eigenvalue weighted by atomic mass is 16.7. The molecule has 5 saturated carbocycles. The molecular weight excluding hydrogens is 636 g/mol. The first kappa shape index (κ1) is 35.7. The van der Waals surface area contributed by atoms with Crippen LogP contribution >= 0.6 is 0 Å². The van der Waals surface area contributed by atoms with Crippen LogP contribution < -0.4 is 5.32 Å². The zero-order valence-electron chi connectivity index (χ0n) is 31.8. The molecule has 1 amide bonds. The van der Waals surface area contributed by atoms with Crippen molar-refractivity contribution in [3.63, 3.8) is 0 Å². The summed E-state index contributed by atoms with van der Waals surface area (Å²) in [6, 6.07) is -0.0709. The summed E-state index contributed by atoms with van der Waals surface area (Å²) >= 11 is 0. The van der Waals surface area contributed by atoms with Crippen LogP contribution in [0.4, 0.5) is 0 Å². The van der Waals surface area contributed by atoms with E-state index in [1.807, 2.05) is 0 Å². The molecule has 3 aliphatic heterocycles. The number of fused-ring (bicyclic) bond motifs is 4. The van der Waals surface area contributed by atoms with E-state index in [1.165, 1.54) is 19.8 Å². The van der Waals surface area contributed by atoms with Crippen LogP contribution in [0.25, 0.3) is 0 Å². The molecule has 8 fully saturated rings. The van der Waals surface area contributed by atoms with Crippen LogP contribution in [0, 0.1) is 50.7 Å². The van der Waals surface area contributed by atoms with Crippen molar-refractivity contribution >= 4 is 11.9 Å². The molecule has 0 aromatic heterocycles. The maximum Gasteiger partial charge on any atom is 0.303 e. The fourth-order valence-electron chi connectivity index (χ4n) is 14.7. The molecule has 10 heteroatoms. The monoisotopic (exact) mass is 700 g/mol. The summed E-state index contributed by atoms with van der Waals surface area (Å²) in [7, 11) is 0. The minimum atomic E-state index is -1.26. The molecule has 3 heterocycles. The second-order valence-corrected chi connectivity index (χ2v) is 19.8. The van der Waals surface area contributed by atoms with Crippen LogP contribution in [-0.2, 0) is 28.5 Å². The lowest BCUT2D eigenvalue weighted by molar-refractivity contribution is -0.250. The van der Waals surface area contributed by atoms with Gasteiger partial charge >= 0.3 is 5.97 Å². The molecule has 10 nitrogen and oxygen atoms in total. The van der Waals surface area contributed by atoms with Gasteiger partial charge in [0.15, 0.2) is 12.4 Å². The Bertz CT molecular complexity index is 1380. The van der Waals surface area contributed by atoms with Crippen molar-refractivity contribution in [2.45, 2.75) is 162 Å². The van der Waals surface area contributed by atoms with E-state index in [1.54, 1.807) is 13.8 Å². The summed E-state index contributed by atoms with van der Waals surface area (Å²) in [4.78, 5) is 26.8. The number of aliphatic hydroxyl groups excluding tert-OH is 1. The van der Waals surface area contributed by atoms with E-state index in [9.17, 15) is 19.8 Å². The number of nitrogens with zero attached hydrogens (tertiary/aromatic N) is 1. The number of morpholine rings is 1. The molecule has 0 bridgehead atoms. The predicted octanol–water partition coefficient (Wildman–Crippen LogP) is 4.43. The minimum absolute atomic E-state index is 0.0132. The fraction of sp³-hybridized carbons (Fsp3) is 0.950. The first-order valence-corrected chi connectivity index (χ1v) is 19.9. The number of hydrogen-bond acceptors (Lipinski definition) is 9. The lowest BCUT2D eigenvalue weighted by atomic mass is 9.41. The van der Waals surface area contributed by atoms with Crippen molar-refractivity contribution in [1.82, 2.24) is 10.2 Å². The Kier molecular flexibility index (Phi) is 8.29. The van der Waals surface area contributed by atoms with Crippen LogP contribution in [0.5, 0.6) is 0 Å². The van der Waals surface area contributed by atoms with Gasteiger partial charge in [-0.3, -0.25) is 14.5 Å². The highest BCUT2D eigenvalue weighted by molar-refractivity contribution is 5.83. The molecule has 0 aromatic rings. The van der Waals surface area contributed by atoms with Crippen LogP contribution in [0.1, 0.15) is 113 Å². The number of rotatable bonds is 6. The molecule has 5 aliphatic carbocycles. The van der Waals surface area contributed by atoms with E-state index in [4.69, 9.17) is 18.9 Å². The normalized spacial score (nSPS) is 51.7. The molecule has 8 aliphatic rings. The number of ether oxygens (including phenoxy) is 4. The van der Waals surface area contributed by atoms with Crippen molar-refractivity contribution in [1.29, 1.82) is 0 Å². The van der Waals surface area contributed by atoms with Gasteiger partial charge in [-0.15, -0.1) is 0 Å². The van der Waals surface area contributed by atoms with Crippen molar-refractivity contribution in [2.75, 3.05) is 26.2 Å². The molecule has 50 heavy (non-hydrogen) atoms. The largest absolute Gasteiger partial charge is 0.457 e. The van der Waals surface area contributed by atoms with Gasteiger partial charge in [0.1, 0.15) is 0 Å². The number of amides is 1. The molecule has 282 valence electrons. The van der Waals surface area contributed by atoms with Crippen LogP contribution in [0.3, 0.4) is 0 Å². The second-order valence-electron chi connectivity index (χ2n) is 19.8. The van der Waals surface area contributed by atoms with Gasteiger partial charge < -0.3 is 34.5 Å². The van der Waals surface area contributed by atoms with Crippen LogP contribution in [0.15, 0.2) is 0 Å². The standard InChI is InChI=1S/C40H64N2O8/c1-22-19-25(33(36(5,6)46)48-23(2)43)49-31-30(22)37(7)14-15-40-21-39(40)13-11-28(35(3,4)26(39)9-10-27(40)38(37,8)32(31)44)50-29-20-42(17-18-47-29)24-12-16-41-34(24)45/h22,24-33,44,46H,9-21H2,1-8H3,(H,41,45)/t22-,24?,25?,26+,27?,28?,29+,30+,31?,32+,33+,37-,38-,39-,40+/m1/s1. The Hall–Kier alpha value is -1.30. The van der Waals surface area contributed by atoms with Gasteiger partial charge in [-0.05, 0) is 117 Å². The maximum absolute atomic E-state index is 12.6. The molecule has 3 N–H and O–H groups in total. The minimum Gasteiger partial charge on any atom is -0.457 e. The lowest BCUT2D eigenvalue weighted by Gasteiger charge is -2.64. The second kappa shape index (κ2) is 11.6. The summed E-state index contributed by atoms with van der Waals surface area (Å²) in [6.07, 6.45) is 7.04. The molecule has 5 unspecified atom stereocenters. The van der Waals surface area contributed by atoms with E-state index in [-0.39, 0.29) is 69.4 Å². The van der Waals surface area contributed by atoms with Gasteiger partial charge in [-0.25, -0.2) is 0 Å². The summed E-state index contributed by atoms with van der Waals surface area (Å²) < 4.78 is 25.6. The van der Waals surface area contributed by atoms with Crippen molar-refractivity contribution in [3.8, 4) is 0 Å². The Balaban J connectivity index is 1.02. The first-order chi connectivity index (χ1) is 23.4. The zero-order valence-corrected chi connectivity index (χ0v) is 31.8. The third-order valence-corrected chi connectivity index (χ3v) is 16.9. The molecule has 0 aromatic carbocycles. The molecule has 3 saturated heterocycles. The van der Waals surface area contributed by atoms with Crippen LogP contribution in [0.2, 0.25) is 0 Å². The number of esters is 1. The summed E-state index contributed by atoms with van der Waals surface area (Å²) in [5, 5.41) is 26.6. The molecule has 0 radical (unpaired) electrons. The number of carbonyl (C=O) groups excluding carboxylic acids is 2. The van der Waals surface area contributed by atoms with Gasteiger partial charge in [-0.2, -0.15) is 0 Å². The van der Waals surface area contributed by atoms with Gasteiger partial charge in [0.2, 0.25) is 5.91 Å². The van der Waals surface area contributed by atoms with E-state index in [0.717, 1.165) is 51.6 Å². The van der Waals surface area contributed by atoms with E-state index in [2.05, 4.69) is 44.8 Å². The lowest BCUT2D eigenvalue weighted by Crippen LogP contribution is -2.60. The van der Waals surface area contributed by atoms with E-state index in [0.29, 0.717) is 31.4 Å². The first-order valence-electron chi connectivity index (χ1n) is 19.9. The van der Waals surface area contributed by atoms with E-state index < -0.39 is 29.9 Å². The highest BCUT2D eigenvalue weighted by Crippen LogP contribution is 2.89. The Labute approximate surface area is 299 Å². The third kappa shape index (κ3) is 4.79. The van der Waals surface area contributed by atoms with Gasteiger partial charge in [0.25, 0.3) is 0 Å². The van der Waals surface area contributed by atoms with Crippen molar-refractivity contribution < 1.29 is 38.7 Å². The average Bonchev–Trinajstić information content (AvgIpc) is 3.44. The third-order valence-electron chi connectivity index (χ3n) is 16.9. The summed E-state index contributed by atoms with van der Waals surface area (Å²) in [6.45, 7) is 19.5. The van der Waals surface area contributed by atoms with Crippen molar-refractivity contribution in [2.24, 2.45) is 50.7 Å². The Morgan fingerprint density at radius 3 is 2.46 bits per heavy atom. The SMILES string of the molecule is CC(=O)O[C@@H](C1C[C@@H](C)[C@H]2C(O1)[C@H](O)[C@@]1(C)C3CC[C@H]4C(C)(C)C(O[C@H]5CN(C6CCNC6=O)CCO5)CC[C@@]45C[C@@]35CC[C@]21C)C(C)(C)O. The molecule has 15 atom stereocenters. The molecule has 8 rings (SSSR count). The van der Waals surface area contributed by atoms with Gasteiger partial charge in [0, 0.05) is 25.4 Å². The maximum atomic E-state index is 12.6. The van der Waals surface area contributed by atoms with Crippen molar-refractivity contribution in [3.05, 3.63) is 0 Å². The van der Waals surface area contributed by atoms with Crippen LogP contribution in [-0.4, -0.2) is 102 Å². The van der Waals surface area contributed by atoms with E-state index >= 15 is 0 Å². The quantitative estimate of drug-likeness (QED) is 0.345. The zero-order chi connectivity index (χ0) is 35.8. The predicted molar refractivity (Wildman–Crippen MR) is 186 cm³/mol. The Morgan fingerprint density at radius 1 is 1.06 bits per heavy atom. The number of carbonyl (C=O) groups is 2. The summed E-state index contributed by atoms with van der Waals surface area (Å²) in [5.74, 6) is 1.13. The summed E-state index contributed by atoms with van der Waals surface area (Å²) in [5.41, 5.74) is -1.15. The average molecular weight is 701 g/mol. The molecular formula is C40H64N2O8. The number of nitrogens with one attached hydrogen (secondary N) is 1. The van der Waals surface area contributed by atoms with Gasteiger partial charge in [0.05, 0.1) is 49.2 Å². The smallest absolute Gasteiger partial charge is 0.303 e. The fourth-order valence-corrected chi connectivity index (χ4v) is 14.7. The van der Waals surface area contributed by atoms with Gasteiger partial charge in [-0.1, -0.05) is 34.6 Å². The number of aliphatic hydroxyl groups is 2. The molecule has 2 spiro atoms. The number of hydrogen-bond donors (Lipinski definition) is 3.